The molecule has 4 heteroatoms. The highest BCUT2D eigenvalue weighted by Gasteiger charge is 2.21. The molecule has 0 fully saturated rings. The molecule has 0 saturated carbocycles. The molecule has 0 bridgehead atoms. The van der Waals surface area contributed by atoms with Crippen LogP contribution in [0.2, 0.25) is 0 Å². The first kappa shape index (κ1) is 13.2. The first-order chi connectivity index (χ1) is 9.09. The first-order valence-corrected chi connectivity index (χ1v) is 6.10. The maximum atomic E-state index is 12.3. The molecule has 1 heterocycles. The van der Waals surface area contributed by atoms with Crippen molar-refractivity contribution in [3.63, 3.8) is 0 Å². The lowest BCUT2D eigenvalue weighted by Gasteiger charge is -2.20. The number of rotatable bonds is 3. The predicted octanol–water partition coefficient (Wildman–Crippen LogP) is 2.05. The number of aromatic nitrogens is 1. The highest BCUT2D eigenvalue weighted by Crippen LogP contribution is 2.16. The Labute approximate surface area is 112 Å². The van der Waals surface area contributed by atoms with Crippen molar-refractivity contribution in [3.8, 4) is 0 Å². The van der Waals surface area contributed by atoms with Crippen LogP contribution in [0.3, 0.4) is 0 Å². The molecule has 0 saturated heterocycles. The molecule has 2 aromatic rings. The number of benzene rings is 1. The molecule has 0 radical (unpaired) electrons. The Morgan fingerprint density at radius 1 is 1.21 bits per heavy atom. The fourth-order valence-corrected chi connectivity index (χ4v) is 1.79. The van der Waals surface area contributed by atoms with Gasteiger partial charge in [0.15, 0.2) is 0 Å². The Morgan fingerprint density at radius 2 is 1.89 bits per heavy atom. The van der Waals surface area contributed by atoms with Gasteiger partial charge in [-0.25, -0.2) is 4.98 Å². The van der Waals surface area contributed by atoms with Gasteiger partial charge in [-0.2, -0.15) is 0 Å². The van der Waals surface area contributed by atoms with E-state index in [4.69, 9.17) is 5.73 Å². The molecule has 1 amide bonds. The van der Waals surface area contributed by atoms with Gasteiger partial charge in [-0.1, -0.05) is 35.9 Å². The van der Waals surface area contributed by atoms with Crippen molar-refractivity contribution in [1.29, 1.82) is 0 Å². The van der Waals surface area contributed by atoms with Gasteiger partial charge in [0, 0.05) is 13.2 Å². The van der Waals surface area contributed by atoms with Gasteiger partial charge in [-0.05, 0) is 24.6 Å². The summed E-state index contributed by atoms with van der Waals surface area (Å²) in [6, 6.07) is 12.4. The van der Waals surface area contributed by atoms with Gasteiger partial charge >= 0.3 is 0 Å². The summed E-state index contributed by atoms with van der Waals surface area (Å²) >= 11 is 0. The fraction of sp³-hybridized carbons (Fsp3) is 0.200. The van der Waals surface area contributed by atoms with Crippen molar-refractivity contribution in [1.82, 2.24) is 4.98 Å². The number of carbonyl (C=O) groups is 1. The molecule has 0 aliphatic heterocycles. The van der Waals surface area contributed by atoms with E-state index in [1.165, 1.54) is 4.90 Å². The largest absolute Gasteiger partial charge is 0.316 e. The zero-order chi connectivity index (χ0) is 13.8. The minimum absolute atomic E-state index is 0.178. The quantitative estimate of drug-likeness (QED) is 0.913. The molecule has 2 N–H and O–H groups in total. The number of aryl methyl sites for hydroxylation is 1. The third-order valence-electron chi connectivity index (χ3n) is 3.03. The molecule has 98 valence electrons. The number of amides is 1. The number of anilines is 1. The molecule has 0 aliphatic rings. The van der Waals surface area contributed by atoms with Gasteiger partial charge in [0.25, 0.3) is 0 Å². The van der Waals surface area contributed by atoms with Crippen LogP contribution in [0.1, 0.15) is 17.2 Å². The van der Waals surface area contributed by atoms with Crippen LogP contribution >= 0.6 is 0 Å². The van der Waals surface area contributed by atoms with Crippen LogP contribution in [-0.2, 0) is 4.79 Å². The van der Waals surface area contributed by atoms with Gasteiger partial charge < -0.3 is 5.73 Å². The van der Waals surface area contributed by atoms with Crippen molar-refractivity contribution in [3.05, 3.63) is 59.8 Å². The number of pyridine rings is 1. The SMILES string of the molecule is Cc1ccc(C(N)C(=O)N(C)c2ccccn2)cc1. The van der Waals surface area contributed by atoms with Gasteiger partial charge in [-0.3, -0.25) is 9.69 Å². The van der Waals surface area contributed by atoms with Gasteiger partial charge in [0.05, 0.1) is 0 Å². The highest BCUT2D eigenvalue weighted by molar-refractivity contribution is 5.96. The summed E-state index contributed by atoms with van der Waals surface area (Å²) in [5.41, 5.74) is 7.95. The maximum Gasteiger partial charge on any atom is 0.249 e. The molecular formula is C15H17N3O. The zero-order valence-corrected chi connectivity index (χ0v) is 11.1. The number of nitrogens with two attached hydrogens (primary N) is 1. The lowest BCUT2D eigenvalue weighted by molar-refractivity contribution is -0.119. The fourth-order valence-electron chi connectivity index (χ4n) is 1.79. The van der Waals surface area contributed by atoms with Crippen LogP contribution in [0.25, 0.3) is 0 Å². The van der Waals surface area contributed by atoms with E-state index in [2.05, 4.69) is 4.98 Å². The topological polar surface area (TPSA) is 59.2 Å². The van der Waals surface area contributed by atoms with Crippen LogP contribution in [-0.4, -0.2) is 17.9 Å². The van der Waals surface area contributed by atoms with E-state index in [0.29, 0.717) is 5.82 Å². The van der Waals surface area contributed by atoms with Crippen molar-refractivity contribution in [2.45, 2.75) is 13.0 Å². The Kier molecular flexibility index (Phi) is 3.92. The summed E-state index contributed by atoms with van der Waals surface area (Å²) in [7, 11) is 1.68. The van der Waals surface area contributed by atoms with Crippen molar-refractivity contribution < 1.29 is 4.79 Å². The van der Waals surface area contributed by atoms with E-state index in [1.54, 1.807) is 19.3 Å². The lowest BCUT2D eigenvalue weighted by Crippen LogP contribution is -2.36. The molecule has 1 atom stereocenters. The average molecular weight is 255 g/mol. The molecule has 1 unspecified atom stereocenters. The molecule has 1 aromatic carbocycles. The second-order valence-electron chi connectivity index (χ2n) is 4.47. The molecule has 0 aliphatic carbocycles. The predicted molar refractivity (Wildman–Crippen MR) is 75.8 cm³/mol. The average Bonchev–Trinajstić information content (AvgIpc) is 2.46. The molecule has 0 spiro atoms. The normalized spacial score (nSPS) is 11.9. The Hall–Kier alpha value is -2.20. The second kappa shape index (κ2) is 5.63. The Morgan fingerprint density at radius 3 is 2.47 bits per heavy atom. The zero-order valence-electron chi connectivity index (χ0n) is 11.1. The number of nitrogens with zero attached hydrogens (tertiary/aromatic N) is 2. The summed E-state index contributed by atoms with van der Waals surface area (Å²) in [4.78, 5) is 17.9. The second-order valence-corrected chi connectivity index (χ2v) is 4.47. The van der Waals surface area contributed by atoms with Crippen molar-refractivity contribution in [2.24, 2.45) is 5.73 Å². The van der Waals surface area contributed by atoms with Crippen LogP contribution in [0.5, 0.6) is 0 Å². The van der Waals surface area contributed by atoms with E-state index in [9.17, 15) is 4.79 Å². The molecule has 1 aromatic heterocycles. The first-order valence-electron chi connectivity index (χ1n) is 6.10. The number of hydrogen-bond acceptors (Lipinski definition) is 3. The van der Waals surface area contributed by atoms with Crippen LogP contribution in [0, 0.1) is 6.92 Å². The van der Waals surface area contributed by atoms with Gasteiger partial charge in [-0.15, -0.1) is 0 Å². The van der Waals surface area contributed by atoms with Crippen molar-refractivity contribution in [2.75, 3.05) is 11.9 Å². The van der Waals surface area contributed by atoms with E-state index in [0.717, 1.165) is 11.1 Å². The minimum Gasteiger partial charge on any atom is -0.316 e. The number of carbonyl (C=O) groups excluding carboxylic acids is 1. The van der Waals surface area contributed by atoms with Crippen LogP contribution in [0.4, 0.5) is 5.82 Å². The van der Waals surface area contributed by atoms with Crippen LogP contribution < -0.4 is 10.6 Å². The van der Waals surface area contributed by atoms with Gasteiger partial charge in [0.2, 0.25) is 5.91 Å². The van der Waals surface area contributed by atoms with Crippen molar-refractivity contribution >= 4 is 11.7 Å². The summed E-state index contributed by atoms with van der Waals surface area (Å²) < 4.78 is 0. The Bertz CT molecular complexity index is 551. The third kappa shape index (κ3) is 2.98. The summed E-state index contributed by atoms with van der Waals surface area (Å²) in [5, 5.41) is 0. The molecule has 2 rings (SSSR count). The number of hydrogen-bond donors (Lipinski definition) is 1. The smallest absolute Gasteiger partial charge is 0.249 e. The maximum absolute atomic E-state index is 12.3. The Balaban J connectivity index is 2.17. The molecule has 4 nitrogen and oxygen atoms in total. The lowest BCUT2D eigenvalue weighted by atomic mass is 10.0. The summed E-state index contributed by atoms with van der Waals surface area (Å²) in [6.07, 6.45) is 1.65. The highest BCUT2D eigenvalue weighted by atomic mass is 16.2. The molecule has 19 heavy (non-hydrogen) atoms. The van der Waals surface area contributed by atoms with Gasteiger partial charge in [0.1, 0.15) is 11.9 Å². The van der Waals surface area contributed by atoms with E-state index < -0.39 is 6.04 Å². The van der Waals surface area contributed by atoms with E-state index in [1.807, 2.05) is 43.3 Å². The summed E-state index contributed by atoms with van der Waals surface area (Å²) in [5.74, 6) is 0.414. The van der Waals surface area contributed by atoms with Crippen LogP contribution in [0.15, 0.2) is 48.7 Å². The monoisotopic (exact) mass is 255 g/mol. The standard InChI is InChI=1S/C15H17N3O/c1-11-6-8-12(9-7-11)14(16)15(19)18(2)13-5-3-4-10-17-13/h3-10,14H,16H2,1-2H3. The molecular weight excluding hydrogens is 238 g/mol. The third-order valence-corrected chi connectivity index (χ3v) is 3.03. The summed E-state index contributed by atoms with van der Waals surface area (Å²) in [6.45, 7) is 2.00. The number of likely N-dealkylation sites (N-methyl/N-ethyl adjacent to an activating group) is 1. The minimum atomic E-state index is -0.674. The van der Waals surface area contributed by atoms with E-state index >= 15 is 0 Å². The van der Waals surface area contributed by atoms with E-state index in [-0.39, 0.29) is 5.91 Å².